The molecule has 11 rings (SSSR count). The summed E-state index contributed by atoms with van der Waals surface area (Å²) in [5, 5.41) is 1.17. The summed E-state index contributed by atoms with van der Waals surface area (Å²) >= 11 is 0. The second-order valence-corrected chi connectivity index (χ2v) is 28.6. The van der Waals surface area contributed by atoms with Crippen molar-refractivity contribution in [2.45, 2.75) is 195 Å². The lowest BCUT2D eigenvalue weighted by molar-refractivity contribution is 0.332. The molecule has 0 saturated heterocycles. The first-order valence-electron chi connectivity index (χ1n) is 27.3. The first-order valence-corrected chi connectivity index (χ1v) is 27.3. The van der Waals surface area contributed by atoms with Crippen molar-refractivity contribution in [1.29, 1.82) is 0 Å². The lowest BCUT2D eigenvalue weighted by Gasteiger charge is -2.47. The molecule has 0 bridgehead atoms. The summed E-state index contributed by atoms with van der Waals surface area (Å²) in [5.41, 5.74) is 27.1. The summed E-state index contributed by atoms with van der Waals surface area (Å²) in [4.78, 5) is 5.30. The Balaban J connectivity index is 1.28. The van der Waals surface area contributed by atoms with E-state index in [2.05, 4.69) is 238 Å². The minimum absolute atomic E-state index is 0.00486. The number of rotatable bonds is 3. The van der Waals surface area contributed by atoms with Crippen LogP contribution in [0.25, 0.3) is 22.1 Å². The van der Waals surface area contributed by atoms with Gasteiger partial charge in [0.1, 0.15) is 5.58 Å². The number of benzene rings is 6. The van der Waals surface area contributed by atoms with E-state index in [0.29, 0.717) is 0 Å². The maximum atomic E-state index is 7.50. The molecule has 0 unspecified atom stereocenters. The average molecular weight is 953 g/mol. The molecule has 0 saturated carbocycles. The van der Waals surface area contributed by atoms with Crippen LogP contribution in [0, 0.1) is 13.8 Å². The maximum Gasteiger partial charge on any atom is 0.297 e. The van der Waals surface area contributed by atoms with Gasteiger partial charge in [0.15, 0.2) is 0 Å². The van der Waals surface area contributed by atoms with Crippen LogP contribution in [0.1, 0.15) is 193 Å². The van der Waals surface area contributed by atoms with Gasteiger partial charge < -0.3 is 14.2 Å². The first kappa shape index (κ1) is 48.8. The molecular weight excluding hydrogens is 872 g/mol. The number of anilines is 6. The molecule has 0 spiro atoms. The fraction of sp³-hybridized carbons (Fsp3) is 0.441. The van der Waals surface area contributed by atoms with Crippen molar-refractivity contribution in [3.05, 3.63) is 147 Å². The summed E-state index contributed by atoms with van der Waals surface area (Å²) in [6, 6.07) is 39.2. The average Bonchev–Trinajstić information content (AvgIpc) is 3.66. The van der Waals surface area contributed by atoms with E-state index in [1.54, 1.807) is 0 Å². The Kier molecular flexibility index (Phi) is 10.5. The first-order chi connectivity index (χ1) is 33.4. The predicted octanol–water partition coefficient (Wildman–Crippen LogP) is 17.4. The molecule has 0 fully saturated rings. The van der Waals surface area contributed by atoms with Crippen LogP contribution in [0.4, 0.5) is 34.1 Å². The smallest absolute Gasteiger partial charge is 0.297 e. The third kappa shape index (κ3) is 7.48. The maximum absolute atomic E-state index is 7.50. The second-order valence-electron chi connectivity index (χ2n) is 28.6. The molecule has 6 aromatic carbocycles. The number of furan rings is 1. The number of hydrogen-bond donors (Lipinski definition) is 0. The van der Waals surface area contributed by atoms with Crippen molar-refractivity contribution in [3.8, 4) is 11.1 Å². The quantitative estimate of drug-likeness (QED) is 0.165. The zero-order valence-corrected chi connectivity index (χ0v) is 47.4. The molecule has 0 radical (unpaired) electrons. The van der Waals surface area contributed by atoms with Gasteiger partial charge in [-0.05, 0) is 193 Å². The van der Waals surface area contributed by atoms with Crippen LogP contribution in [0.15, 0.2) is 101 Å². The Bertz CT molecular complexity index is 3390. The number of aryl methyl sites for hydroxylation is 2. The third-order valence-electron chi connectivity index (χ3n) is 18.2. The standard InChI is InChI=1S/C68H81BN2O/c1-40-32-55-58-56(33-40)71(59-41(2)34-45(64(9,10)11)37-47(59)42-20-26-49-50(35-42)66(14,15)29-28-65(49,12)13)54-39-52-51(67(16,17)30-31-68(52,18)19)38-53(54)69(58)61-60(48-36-44(63(6,7)8)23-27-57(48)72-61)70(55)46-24-21-43(22-25-46)62(3,4)5/h20-27,32-39H,28-31H2,1-19H3. The van der Waals surface area contributed by atoms with Crippen LogP contribution >= 0.6 is 0 Å². The zero-order valence-electron chi connectivity index (χ0n) is 47.4. The van der Waals surface area contributed by atoms with Gasteiger partial charge in [0.2, 0.25) is 0 Å². The van der Waals surface area contributed by atoms with Crippen LogP contribution in [-0.4, -0.2) is 6.71 Å². The van der Waals surface area contributed by atoms with E-state index in [9.17, 15) is 0 Å². The number of hydrogen-bond acceptors (Lipinski definition) is 3. The highest BCUT2D eigenvalue weighted by Gasteiger charge is 2.50. The van der Waals surface area contributed by atoms with Gasteiger partial charge in [-0.15, -0.1) is 0 Å². The van der Waals surface area contributed by atoms with Gasteiger partial charge in [0.05, 0.1) is 17.0 Å². The fourth-order valence-electron chi connectivity index (χ4n) is 13.2. The van der Waals surface area contributed by atoms with Gasteiger partial charge in [-0.1, -0.05) is 166 Å². The van der Waals surface area contributed by atoms with E-state index >= 15 is 0 Å². The molecule has 2 aliphatic carbocycles. The van der Waals surface area contributed by atoms with Gasteiger partial charge in [-0.2, -0.15) is 0 Å². The van der Waals surface area contributed by atoms with Crippen molar-refractivity contribution >= 4 is 68.4 Å². The molecule has 0 amide bonds. The summed E-state index contributed by atoms with van der Waals surface area (Å²) in [7, 11) is 0. The van der Waals surface area contributed by atoms with Gasteiger partial charge in [0.25, 0.3) is 6.71 Å². The Morgan fingerprint density at radius 2 is 1.00 bits per heavy atom. The van der Waals surface area contributed by atoms with Crippen molar-refractivity contribution < 1.29 is 4.42 Å². The highest BCUT2D eigenvalue weighted by Crippen LogP contribution is 2.55. The third-order valence-corrected chi connectivity index (χ3v) is 18.2. The van der Waals surface area contributed by atoms with Gasteiger partial charge in [-0.3, -0.25) is 0 Å². The largest absolute Gasteiger partial charge is 0.468 e. The summed E-state index contributed by atoms with van der Waals surface area (Å²) < 4.78 is 7.50. The van der Waals surface area contributed by atoms with Crippen LogP contribution in [-0.2, 0) is 37.9 Å². The minimum Gasteiger partial charge on any atom is -0.468 e. The monoisotopic (exact) mass is 953 g/mol. The van der Waals surface area contributed by atoms with Crippen LogP contribution in [0.3, 0.4) is 0 Å². The number of fused-ring (bicyclic) bond motifs is 8. The lowest BCUT2D eigenvalue weighted by atomic mass is 9.35. The molecular formula is C68H81BN2O. The zero-order chi connectivity index (χ0) is 51.8. The molecule has 2 aliphatic heterocycles. The molecule has 3 nitrogen and oxygen atoms in total. The molecule has 0 N–H and O–H groups in total. The Labute approximate surface area is 433 Å². The molecule has 7 aromatic rings. The normalized spacial score (nSPS) is 18.3. The SMILES string of the molecule is Cc1cc2c3c(c1)N(c1ccc(C(C)(C)C)cc1)c1c(oc4ccc(C(C)(C)C)cc14)B3c1cc3c(cc1N2c1c(C)cc(C(C)(C)C)cc1-c1ccc2c(c1)C(C)(C)CCC2(C)C)C(C)(C)CCC3(C)C. The predicted molar refractivity (Wildman–Crippen MR) is 312 cm³/mol. The molecule has 4 aliphatic rings. The van der Waals surface area contributed by atoms with Crippen molar-refractivity contribution in [1.82, 2.24) is 0 Å². The van der Waals surface area contributed by atoms with Crippen LogP contribution in [0.2, 0.25) is 0 Å². The molecule has 3 heterocycles. The van der Waals surface area contributed by atoms with E-state index in [1.165, 1.54) is 113 Å². The van der Waals surface area contributed by atoms with E-state index in [1.807, 2.05) is 0 Å². The summed E-state index contributed by atoms with van der Waals surface area (Å²) in [5.74, 6) is 0. The summed E-state index contributed by atoms with van der Waals surface area (Å²) in [6.45, 7) is 45.3. The van der Waals surface area contributed by atoms with Gasteiger partial charge in [-0.25, -0.2) is 0 Å². The topological polar surface area (TPSA) is 19.6 Å². The van der Waals surface area contributed by atoms with Crippen molar-refractivity contribution in [3.63, 3.8) is 0 Å². The van der Waals surface area contributed by atoms with Crippen molar-refractivity contribution in [2.24, 2.45) is 0 Å². The second kappa shape index (κ2) is 15.5. The molecule has 372 valence electrons. The van der Waals surface area contributed by atoms with Crippen molar-refractivity contribution in [2.75, 3.05) is 9.80 Å². The Hall–Kier alpha value is -5.48. The van der Waals surface area contributed by atoms with E-state index in [-0.39, 0.29) is 44.6 Å². The van der Waals surface area contributed by atoms with E-state index in [4.69, 9.17) is 4.42 Å². The minimum atomic E-state index is -0.136. The molecule has 1 aromatic heterocycles. The highest BCUT2D eigenvalue weighted by atomic mass is 16.3. The number of nitrogens with zero attached hydrogens (tertiary/aromatic N) is 2. The van der Waals surface area contributed by atoms with E-state index in [0.717, 1.165) is 35.5 Å². The lowest BCUT2D eigenvalue weighted by Crippen LogP contribution is -2.61. The molecule has 4 heteroatoms. The molecule has 0 atom stereocenters. The van der Waals surface area contributed by atoms with Gasteiger partial charge in [0, 0.05) is 33.7 Å². The Morgan fingerprint density at radius 1 is 0.472 bits per heavy atom. The van der Waals surface area contributed by atoms with E-state index < -0.39 is 0 Å². The summed E-state index contributed by atoms with van der Waals surface area (Å²) in [6.07, 6.45) is 4.66. The fourth-order valence-corrected chi connectivity index (χ4v) is 13.2. The Morgan fingerprint density at radius 3 is 1.58 bits per heavy atom. The van der Waals surface area contributed by atoms with Crippen LogP contribution in [0.5, 0.6) is 0 Å². The van der Waals surface area contributed by atoms with Gasteiger partial charge >= 0.3 is 0 Å². The highest BCUT2D eigenvalue weighted by molar-refractivity contribution is 7.00. The van der Waals surface area contributed by atoms with Crippen LogP contribution < -0.4 is 26.4 Å². The molecule has 72 heavy (non-hydrogen) atoms.